The first-order valence-corrected chi connectivity index (χ1v) is 5.25. The molecule has 0 saturated carbocycles. The summed E-state index contributed by atoms with van der Waals surface area (Å²) >= 11 is 0. The van der Waals surface area contributed by atoms with E-state index in [9.17, 15) is 0 Å². The van der Waals surface area contributed by atoms with E-state index in [1.807, 2.05) is 30.3 Å². The van der Waals surface area contributed by atoms with Gasteiger partial charge in [-0.1, -0.05) is 23.4 Å². The van der Waals surface area contributed by atoms with Crippen molar-refractivity contribution in [2.45, 2.75) is 6.54 Å². The van der Waals surface area contributed by atoms with E-state index in [1.165, 1.54) is 0 Å². The Morgan fingerprint density at radius 3 is 2.88 bits per heavy atom. The molecule has 5 nitrogen and oxygen atoms in total. The summed E-state index contributed by atoms with van der Waals surface area (Å²) < 4.78 is 5.17. The van der Waals surface area contributed by atoms with Crippen molar-refractivity contribution in [3.8, 4) is 11.5 Å². The zero-order valence-corrected chi connectivity index (χ0v) is 9.00. The van der Waals surface area contributed by atoms with Crippen LogP contribution in [-0.4, -0.2) is 15.1 Å². The number of rotatable bonds is 2. The van der Waals surface area contributed by atoms with E-state index in [2.05, 4.69) is 15.1 Å². The number of benzene rings is 1. The number of hydrogen-bond donors (Lipinski definition) is 1. The zero-order chi connectivity index (χ0) is 11.7. The minimum absolute atomic E-state index is 0.266. The molecular formula is C12H10N4O. The van der Waals surface area contributed by atoms with Gasteiger partial charge in [-0.15, -0.1) is 0 Å². The molecule has 2 heterocycles. The third-order valence-electron chi connectivity index (χ3n) is 2.51. The lowest BCUT2D eigenvalue weighted by molar-refractivity contribution is 0.423. The van der Waals surface area contributed by atoms with E-state index >= 15 is 0 Å². The first kappa shape index (κ1) is 9.92. The summed E-state index contributed by atoms with van der Waals surface area (Å²) in [5.41, 5.74) is 7.13. The van der Waals surface area contributed by atoms with Gasteiger partial charge in [-0.2, -0.15) is 4.98 Å². The van der Waals surface area contributed by atoms with Gasteiger partial charge < -0.3 is 10.3 Å². The molecule has 0 atom stereocenters. The van der Waals surface area contributed by atoms with Crippen molar-refractivity contribution in [3.05, 3.63) is 42.4 Å². The van der Waals surface area contributed by atoms with Crippen molar-refractivity contribution < 1.29 is 4.52 Å². The van der Waals surface area contributed by atoms with E-state index in [1.54, 1.807) is 6.20 Å². The highest BCUT2D eigenvalue weighted by Gasteiger charge is 2.11. The molecule has 0 aliphatic heterocycles. The van der Waals surface area contributed by atoms with Crippen LogP contribution in [0.4, 0.5) is 0 Å². The number of para-hydroxylation sites is 1. The summed E-state index contributed by atoms with van der Waals surface area (Å²) in [5.74, 6) is 0.947. The molecule has 0 radical (unpaired) electrons. The number of fused-ring (bicyclic) bond motifs is 1. The van der Waals surface area contributed by atoms with Crippen LogP contribution in [-0.2, 0) is 6.54 Å². The van der Waals surface area contributed by atoms with Gasteiger partial charge in [0, 0.05) is 11.6 Å². The van der Waals surface area contributed by atoms with Crippen LogP contribution >= 0.6 is 0 Å². The van der Waals surface area contributed by atoms with Crippen LogP contribution < -0.4 is 5.73 Å². The molecule has 0 fully saturated rings. The van der Waals surface area contributed by atoms with E-state index in [-0.39, 0.29) is 6.54 Å². The normalized spacial score (nSPS) is 10.9. The maximum absolute atomic E-state index is 5.45. The second-order valence-electron chi connectivity index (χ2n) is 3.60. The van der Waals surface area contributed by atoms with Crippen LogP contribution in [0.2, 0.25) is 0 Å². The Bertz CT molecular complexity index is 657. The molecule has 0 unspecified atom stereocenters. The van der Waals surface area contributed by atoms with E-state index < -0.39 is 0 Å². The van der Waals surface area contributed by atoms with Crippen molar-refractivity contribution >= 4 is 10.9 Å². The summed E-state index contributed by atoms with van der Waals surface area (Å²) in [4.78, 5) is 8.54. The average Bonchev–Trinajstić information content (AvgIpc) is 2.87. The summed E-state index contributed by atoms with van der Waals surface area (Å²) in [6.45, 7) is 0.266. The predicted octanol–water partition coefficient (Wildman–Crippen LogP) is 1.74. The Kier molecular flexibility index (Phi) is 2.31. The first-order valence-electron chi connectivity index (χ1n) is 5.25. The molecule has 17 heavy (non-hydrogen) atoms. The molecule has 0 bridgehead atoms. The van der Waals surface area contributed by atoms with E-state index in [0.29, 0.717) is 11.7 Å². The van der Waals surface area contributed by atoms with Gasteiger partial charge >= 0.3 is 0 Å². The lowest BCUT2D eigenvalue weighted by Gasteiger charge is -2.00. The number of aromatic nitrogens is 3. The quantitative estimate of drug-likeness (QED) is 0.720. The lowest BCUT2D eigenvalue weighted by atomic mass is 10.1. The Morgan fingerprint density at radius 1 is 1.18 bits per heavy atom. The number of hydrogen-bond acceptors (Lipinski definition) is 5. The van der Waals surface area contributed by atoms with E-state index in [0.717, 1.165) is 16.5 Å². The van der Waals surface area contributed by atoms with Gasteiger partial charge in [0.25, 0.3) is 5.89 Å². The number of nitrogens with two attached hydrogens (primary N) is 1. The molecule has 1 aromatic carbocycles. The summed E-state index contributed by atoms with van der Waals surface area (Å²) in [7, 11) is 0. The molecule has 0 saturated heterocycles. The molecule has 2 N–H and O–H groups in total. The Hall–Kier alpha value is -2.27. The van der Waals surface area contributed by atoms with Gasteiger partial charge in [-0.05, 0) is 12.1 Å². The fraction of sp³-hybridized carbons (Fsp3) is 0.0833. The lowest BCUT2D eigenvalue weighted by Crippen LogP contribution is -1.97. The highest BCUT2D eigenvalue weighted by molar-refractivity contribution is 5.91. The Labute approximate surface area is 97.3 Å². The molecule has 5 heteroatoms. The fourth-order valence-electron chi connectivity index (χ4n) is 1.72. The van der Waals surface area contributed by atoms with Crippen molar-refractivity contribution in [3.63, 3.8) is 0 Å². The molecule has 0 amide bonds. The van der Waals surface area contributed by atoms with Crippen LogP contribution in [0.15, 0.2) is 41.1 Å². The van der Waals surface area contributed by atoms with Crippen LogP contribution in [0.1, 0.15) is 5.82 Å². The smallest absolute Gasteiger partial charge is 0.260 e. The van der Waals surface area contributed by atoms with Crippen LogP contribution in [0.25, 0.3) is 22.4 Å². The molecule has 84 valence electrons. The van der Waals surface area contributed by atoms with Crippen LogP contribution in [0.5, 0.6) is 0 Å². The molecule has 3 rings (SSSR count). The topological polar surface area (TPSA) is 77.8 Å². The molecule has 2 aromatic heterocycles. The van der Waals surface area contributed by atoms with Crippen molar-refractivity contribution in [2.24, 2.45) is 5.73 Å². The second-order valence-corrected chi connectivity index (χ2v) is 3.60. The van der Waals surface area contributed by atoms with E-state index in [4.69, 9.17) is 10.3 Å². The van der Waals surface area contributed by atoms with Gasteiger partial charge in [0.1, 0.15) is 0 Å². The predicted molar refractivity (Wildman–Crippen MR) is 62.9 cm³/mol. The highest BCUT2D eigenvalue weighted by atomic mass is 16.5. The van der Waals surface area contributed by atoms with Gasteiger partial charge in [0.05, 0.1) is 17.6 Å². The van der Waals surface area contributed by atoms with Gasteiger partial charge in [0.2, 0.25) is 0 Å². The van der Waals surface area contributed by atoms with Crippen molar-refractivity contribution in [1.29, 1.82) is 0 Å². The van der Waals surface area contributed by atoms with Gasteiger partial charge in [0.15, 0.2) is 5.82 Å². The number of nitrogens with zero attached hydrogens (tertiary/aromatic N) is 3. The first-order chi connectivity index (χ1) is 8.38. The van der Waals surface area contributed by atoms with Crippen molar-refractivity contribution in [2.75, 3.05) is 0 Å². The third-order valence-corrected chi connectivity index (χ3v) is 2.51. The maximum atomic E-state index is 5.45. The minimum Gasteiger partial charge on any atom is -0.334 e. The summed E-state index contributed by atoms with van der Waals surface area (Å²) in [5, 5.41) is 4.82. The third kappa shape index (κ3) is 1.66. The van der Waals surface area contributed by atoms with Crippen LogP contribution in [0.3, 0.4) is 0 Å². The molecule has 0 aliphatic carbocycles. The zero-order valence-electron chi connectivity index (χ0n) is 9.00. The molecule has 0 spiro atoms. The molecular weight excluding hydrogens is 216 g/mol. The maximum Gasteiger partial charge on any atom is 0.260 e. The Morgan fingerprint density at radius 2 is 2.06 bits per heavy atom. The SMILES string of the molecule is NCc1noc(-c2cccc3cccnc23)n1. The minimum atomic E-state index is 0.266. The largest absolute Gasteiger partial charge is 0.334 e. The monoisotopic (exact) mass is 226 g/mol. The average molecular weight is 226 g/mol. The summed E-state index contributed by atoms with van der Waals surface area (Å²) in [6.07, 6.45) is 1.74. The molecule has 3 aromatic rings. The van der Waals surface area contributed by atoms with Crippen molar-refractivity contribution in [1.82, 2.24) is 15.1 Å². The molecule has 0 aliphatic rings. The standard InChI is InChI=1S/C12H10N4O/c13-7-10-15-12(17-16-10)9-5-1-3-8-4-2-6-14-11(8)9/h1-6H,7,13H2. The van der Waals surface area contributed by atoms with Crippen LogP contribution in [0, 0.1) is 0 Å². The number of pyridine rings is 1. The fourth-order valence-corrected chi connectivity index (χ4v) is 1.72. The van der Waals surface area contributed by atoms with Gasteiger partial charge in [-0.25, -0.2) is 0 Å². The highest BCUT2D eigenvalue weighted by Crippen LogP contribution is 2.25. The second kappa shape index (κ2) is 3.95. The van der Waals surface area contributed by atoms with Gasteiger partial charge in [-0.3, -0.25) is 4.98 Å². The summed E-state index contributed by atoms with van der Waals surface area (Å²) in [6, 6.07) is 9.72. The Balaban J connectivity index is 2.23.